The van der Waals surface area contributed by atoms with Gasteiger partial charge in [-0.15, -0.1) is 0 Å². The van der Waals surface area contributed by atoms with Gasteiger partial charge in [-0.2, -0.15) is 4.98 Å². The van der Waals surface area contributed by atoms with Gasteiger partial charge in [0.2, 0.25) is 5.91 Å². The van der Waals surface area contributed by atoms with Crippen molar-refractivity contribution in [1.82, 2.24) is 20.0 Å². The Labute approximate surface area is 122 Å². The topological polar surface area (TPSA) is 72.1 Å². The first-order valence-electron chi connectivity index (χ1n) is 7.35. The third-order valence-corrected chi connectivity index (χ3v) is 4.12. The number of rotatable bonds is 3. The quantitative estimate of drug-likeness (QED) is 0.860. The second-order valence-electron chi connectivity index (χ2n) is 5.72. The van der Waals surface area contributed by atoms with Crippen LogP contribution in [0.3, 0.4) is 0 Å². The average molecular weight is 284 g/mol. The summed E-state index contributed by atoms with van der Waals surface area (Å²) in [5.41, 5.74) is 0.681. The molecule has 3 heterocycles. The Morgan fingerprint density at radius 1 is 1.29 bits per heavy atom. The molecule has 108 valence electrons. The van der Waals surface area contributed by atoms with Crippen LogP contribution in [0.2, 0.25) is 0 Å². The van der Waals surface area contributed by atoms with Crippen LogP contribution >= 0.6 is 0 Å². The third kappa shape index (κ3) is 2.41. The van der Waals surface area contributed by atoms with Crippen LogP contribution in [0.5, 0.6) is 0 Å². The zero-order valence-electron chi connectivity index (χ0n) is 11.6. The van der Waals surface area contributed by atoms with Gasteiger partial charge < -0.3 is 9.42 Å². The number of carbonyl (C=O) groups is 1. The molecule has 0 N–H and O–H groups in total. The summed E-state index contributed by atoms with van der Waals surface area (Å²) >= 11 is 0. The Bertz CT molecular complexity index is 651. The fourth-order valence-corrected chi connectivity index (χ4v) is 2.75. The summed E-state index contributed by atoms with van der Waals surface area (Å²) in [6, 6.07) is 5.58. The minimum absolute atomic E-state index is 0.175. The van der Waals surface area contributed by atoms with E-state index in [1.165, 1.54) is 0 Å². The summed E-state index contributed by atoms with van der Waals surface area (Å²) in [4.78, 5) is 22.6. The molecule has 1 amide bonds. The highest BCUT2D eigenvalue weighted by molar-refractivity contribution is 5.81. The first kappa shape index (κ1) is 12.5. The summed E-state index contributed by atoms with van der Waals surface area (Å²) in [7, 11) is 0. The molecule has 6 nitrogen and oxygen atoms in total. The fraction of sp³-hybridized carbons (Fsp3) is 0.467. The molecule has 0 spiro atoms. The second-order valence-corrected chi connectivity index (χ2v) is 5.72. The largest absolute Gasteiger partial charge is 0.342 e. The molecule has 6 heteroatoms. The monoisotopic (exact) mass is 284 g/mol. The van der Waals surface area contributed by atoms with Crippen molar-refractivity contribution in [2.24, 2.45) is 5.92 Å². The number of hydrogen-bond donors (Lipinski definition) is 0. The van der Waals surface area contributed by atoms with E-state index in [9.17, 15) is 4.79 Å². The van der Waals surface area contributed by atoms with Crippen LogP contribution in [0.25, 0.3) is 11.6 Å². The van der Waals surface area contributed by atoms with Gasteiger partial charge in [0.05, 0.1) is 0 Å². The predicted molar refractivity (Wildman–Crippen MR) is 74.2 cm³/mol. The van der Waals surface area contributed by atoms with Gasteiger partial charge in [0.1, 0.15) is 5.69 Å². The molecule has 2 aromatic heterocycles. The van der Waals surface area contributed by atoms with Gasteiger partial charge in [-0.05, 0) is 31.4 Å². The number of pyridine rings is 1. The van der Waals surface area contributed by atoms with Gasteiger partial charge in [-0.3, -0.25) is 9.78 Å². The molecule has 21 heavy (non-hydrogen) atoms. The molecule has 4 rings (SSSR count). The Morgan fingerprint density at radius 2 is 2.19 bits per heavy atom. The van der Waals surface area contributed by atoms with E-state index in [0.29, 0.717) is 29.9 Å². The van der Waals surface area contributed by atoms with E-state index in [-0.39, 0.29) is 11.8 Å². The number of amides is 1. The molecular formula is C15H16N4O2. The van der Waals surface area contributed by atoms with Crippen LogP contribution in [0, 0.1) is 5.92 Å². The maximum absolute atomic E-state index is 12.1. The van der Waals surface area contributed by atoms with Crippen molar-refractivity contribution in [3.63, 3.8) is 0 Å². The maximum Gasteiger partial charge on any atom is 0.276 e. The number of nitrogens with zero attached hydrogens (tertiary/aromatic N) is 4. The molecule has 1 aliphatic carbocycles. The van der Waals surface area contributed by atoms with Gasteiger partial charge >= 0.3 is 0 Å². The molecule has 1 atom stereocenters. The molecule has 0 aromatic carbocycles. The van der Waals surface area contributed by atoms with Crippen LogP contribution in [0.4, 0.5) is 0 Å². The molecule has 2 fully saturated rings. The van der Waals surface area contributed by atoms with Gasteiger partial charge in [0.15, 0.2) is 5.82 Å². The standard InChI is InChI=1S/C15H16N4O2/c20-15(10-4-5-10)19-8-6-11(9-19)13-17-14(21-18-13)12-3-1-2-7-16-12/h1-3,7,10-11H,4-6,8-9H2. The molecule has 1 unspecified atom stereocenters. The normalized spacial score (nSPS) is 21.7. The molecule has 1 saturated heterocycles. The molecule has 2 aromatic rings. The highest BCUT2D eigenvalue weighted by Gasteiger charge is 2.38. The Hall–Kier alpha value is -2.24. The van der Waals surface area contributed by atoms with Crippen LogP contribution in [-0.2, 0) is 4.79 Å². The number of carbonyl (C=O) groups excluding carboxylic acids is 1. The number of aromatic nitrogens is 3. The van der Waals surface area contributed by atoms with Gasteiger partial charge in [0.25, 0.3) is 5.89 Å². The van der Waals surface area contributed by atoms with Crippen molar-refractivity contribution in [3.8, 4) is 11.6 Å². The summed E-state index contributed by atoms with van der Waals surface area (Å²) in [6.45, 7) is 1.50. The lowest BCUT2D eigenvalue weighted by Gasteiger charge is -2.14. The zero-order valence-corrected chi connectivity index (χ0v) is 11.6. The highest BCUT2D eigenvalue weighted by Crippen LogP contribution is 2.34. The maximum atomic E-state index is 12.1. The molecule has 0 radical (unpaired) electrons. The summed E-state index contributed by atoms with van der Waals surface area (Å²) in [5.74, 6) is 1.87. The van der Waals surface area contributed by atoms with E-state index in [4.69, 9.17) is 4.52 Å². The fourth-order valence-electron chi connectivity index (χ4n) is 2.75. The lowest BCUT2D eigenvalue weighted by Crippen LogP contribution is -2.29. The SMILES string of the molecule is O=C(C1CC1)N1CCC(c2noc(-c3ccccn3)n2)C1. The van der Waals surface area contributed by atoms with Crippen molar-refractivity contribution in [2.75, 3.05) is 13.1 Å². The van der Waals surface area contributed by atoms with Gasteiger partial charge in [0, 0.05) is 31.1 Å². The Morgan fingerprint density at radius 3 is 2.95 bits per heavy atom. The van der Waals surface area contributed by atoms with Crippen LogP contribution in [-0.4, -0.2) is 39.0 Å². The average Bonchev–Trinajstić information content (AvgIpc) is 3.06. The smallest absolute Gasteiger partial charge is 0.276 e. The van der Waals surface area contributed by atoms with Crippen molar-refractivity contribution >= 4 is 5.91 Å². The van der Waals surface area contributed by atoms with Crippen LogP contribution in [0.15, 0.2) is 28.9 Å². The Balaban J connectivity index is 1.48. The number of likely N-dealkylation sites (tertiary alicyclic amines) is 1. The van der Waals surface area contributed by atoms with Crippen molar-refractivity contribution < 1.29 is 9.32 Å². The predicted octanol–water partition coefficient (Wildman–Crippen LogP) is 1.86. The minimum atomic E-state index is 0.175. The van der Waals surface area contributed by atoms with E-state index in [1.54, 1.807) is 6.20 Å². The van der Waals surface area contributed by atoms with Crippen molar-refractivity contribution in [2.45, 2.75) is 25.2 Å². The second kappa shape index (κ2) is 4.95. The van der Waals surface area contributed by atoms with E-state index in [0.717, 1.165) is 25.8 Å². The lowest BCUT2D eigenvalue weighted by molar-refractivity contribution is -0.131. The summed E-state index contributed by atoms with van der Waals surface area (Å²) < 4.78 is 5.29. The van der Waals surface area contributed by atoms with E-state index in [2.05, 4.69) is 15.1 Å². The third-order valence-electron chi connectivity index (χ3n) is 4.12. The van der Waals surface area contributed by atoms with Crippen LogP contribution < -0.4 is 0 Å². The van der Waals surface area contributed by atoms with E-state index >= 15 is 0 Å². The molecule has 2 aliphatic rings. The molecule has 1 aliphatic heterocycles. The summed E-state index contributed by atoms with van der Waals surface area (Å²) in [5, 5.41) is 4.06. The zero-order chi connectivity index (χ0) is 14.2. The van der Waals surface area contributed by atoms with E-state index in [1.807, 2.05) is 23.1 Å². The highest BCUT2D eigenvalue weighted by atomic mass is 16.5. The summed E-state index contributed by atoms with van der Waals surface area (Å²) in [6.07, 6.45) is 4.70. The molecular weight excluding hydrogens is 268 g/mol. The van der Waals surface area contributed by atoms with Crippen molar-refractivity contribution in [1.29, 1.82) is 0 Å². The lowest BCUT2D eigenvalue weighted by atomic mass is 10.1. The first-order valence-corrected chi connectivity index (χ1v) is 7.35. The number of hydrogen-bond acceptors (Lipinski definition) is 5. The molecule has 1 saturated carbocycles. The molecule has 0 bridgehead atoms. The minimum Gasteiger partial charge on any atom is -0.342 e. The van der Waals surface area contributed by atoms with Gasteiger partial charge in [-0.1, -0.05) is 11.2 Å². The Kier molecular flexibility index (Phi) is 2.94. The van der Waals surface area contributed by atoms with E-state index < -0.39 is 0 Å². The first-order chi connectivity index (χ1) is 10.3. The van der Waals surface area contributed by atoms with Crippen LogP contribution in [0.1, 0.15) is 31.0 Å². The van der Waals surface area contributed by atoms with Crippen molar-refractivity contribution in [3.05, 3.63) is 30.2 Å². The van der Waals surface area contributed by atoms with Gasteiger partial charge in [-0.25, -0.2) is 0 Å².